The van der Waals surface area contributed by atoms with Crippen LogP contribution >= 0.6 is 0 Å². The molecule has 2 aromatic carbocycles. The van der Waals surface area contributed by atoms with Crippen LogP contribution in [-0.4, -0.2) is 27.1 Å². The number of hydrogen-bond acceptors (Lipinski definition) is 4. The molecule has 3 aromatic heterocycles. The number of carbonyl (C=O) groups excluding carboxylic acids is 1. The van der Waals surface area contributed by atoms with Crippen molar-refractivity contribution in [2.45, 2.75) is 34.2 Å². The lowest BCUT2D eigenvalue weighted by Gasteiger charge is -2.17. The van der Waals surface area contributed by atoms with E-state index in [2.05, 4.69) is 15.9 Å². The van der Waals surface area contributed by atoms with Crippen molar-refractivity contribution in [3.8, 4) is 22.6 Å². The van der Waals surface area contributed by atoms with Gasteiger partial charge in [-0.05, 0) is 74.7 Å². The van der Waals surface area contributed by atoms with Gasteiger partial charge in [0.05, 0.1) is 36.8 Å². The normalized spacial score (nSPS) is 10.9. The number of H-pyrrole nitrogens is 1. The molecule has 0 aliphatic carbocycles. The average Bonchev–Trinajstić information content (AvgIpc) is 3.35. The molecule has 1 N–H and O–H groups in total. The second-order valence-electron chi connectivity index (χ2n) is 9.61. The Morgan fingerprint density at radius 1 is 1.00 bits per heavy atom. The van der Waals surface area contributed by atoms with Gasteiger partial charge in [0.15, 0.2) is 0 Å². The van der Waals surface area contributed by atoms with E-state index in [0.717, 1.165) is 38.9 Å². The zero-order valence-corrected chi connectivity index (χ0v) is 22.3. The molecule has 0 radical (unpaired) electrons. The predicted molar refractivity (Wildman–Crippen MR) is 153 cm³/mol. The molecule has 0 amide bonds. The summed E-state index contributed by atoms with van der Waals surface area (Å²) in [5, 5.41) is 0.894. The number of hydrogen-bond donors (Lipinski definition) is 1. The van der Waals surface area contributed by atoms with Crippen LogP contribution in [0.5, 0.6) is 0 Å². The van der Waals surface area contributed by atoms with Gasteiger partial charge in [-0.25, -0.2) is 14.6 Å². The summed E-state index contributed by atoms with van der Waals surface area (Å²) >= 11 is 0. The minimum Gasteiger partial charge on any atom is -0.461 e. The minimum atomic E-state index is -0.393. The highest BCUT2D eigenvalue weighted by atomic mass is 16.5. The first-order valence-electron chi connectivity index (χ1n) is 12.7. The van der Waals surface area contributed by atoms with Crippen LogP contribution in [0.1, 0.15) is 39.7 Å². The number of carbonyl (C=O) groups is 1. The van der Waals surface area contributed by atoms with Gasteiger partial charge in [0, 0.05) is 16.5 Å². The lowest BCUT2D eigenvalue weighted by molar-refractivity contribution is 0.0520. The third-order valence-electron chi connectivity index (χ3n) is 6.83. The summed E-state index contributed by atoms with van der Waals surface area (Å²) in [5.74, 6) is -0.393. The topological polar surface area (TPSA) is 81.3 Å². The molecular weight excluding hydrogens is 488 g/mol. The molecule has 0 saturated heterocycles. The quantitative estimate of drug-likeness (QED) is 0.200. The lowest BCUT2D eigenvalue weighted by Crippen LogP contribution is -2.23. The lowest BCUT2D eigenvalue weighted by atomic mass is 10.0. The van der Waals surface area contributed by atoms with Crippen molar-refractivity contribution in [2.24, 2.45) is 0 Å². The van der Waals surface area contributed by atoms with Gasteiger partial charge in [0.1, 0.15) is 5.69 Å². The number of aryl methyl sites for hydroxylation is 3. The molecule has 5 rings (SSSR count). The number of aromatic nitrogens is 3. The summed E-state index contributed by atoms with van der Waals surface area (Å²) < 4.78 is 6.75. The fourth-order valence-electron chi connectivity index (χ4n) is 4.80. The first-order chi connectivity index (χ1) is 18.8. The molecule has 7 heteroatoms. The Hall–Kier alpha value is -4.96. The third-order valence-corrected chi connectivity index (χ3v) is 6.83. The van der Waals surface area contributed by atoms with Crippen LogP contribution in [-0.2, 0) is 11.3 Å². The first-order valence-corrected chi connectivity index (χ1v) is 12.7. The summed E-state index contributed by atoms with van der Waals surface area (Å²) in [4.78, 5) is 37.2. The highest BCUT2D eigenvalue weighted by Crippen LogP contribution is 2.28. The Morgan fingerprint density at radius 2 is 1.79 bits per heavy atom. The van der Waals surface area contributed by atoms with Crippen LogP contribution in [0.4, 0.5) is 5.69 Å². The van der Waals surface area contributed by atoms with Crippen LogP contribution in [0.25, 0.3) is 38.4 Å². The monoisotopic (exact) mass is 516 g/mol. The number of esters is 1. The van der Waals surface area contributed by atoms with Crippen LogP contribution in [0.15, 0.2) is 71.5 Å². The van der Waals surface area contributed by atoms with Gasteiger partial charge < -0.3 is 14.3 Å². The number of benzene rings is 2. The van der Waals surface area contributed by atoms with Gasteiger partial charge in [0.25, 0.3) is 11.2 Å². The number of fused-ring (bicyclic) bond motifs is 1. The van der Waals surface area contributed by atoms with E-state index in [4.69, 9.17) is 16.3 Å². The number of pyridine rings is 2. The maximum Gasteiger partial charge on any atom is 0.354 e. The van der Waals surface area contributed by atoms with Gasteiger partial charge >= 0.3 is 5.97 Å². The van der Waals surface area contributed by atoms with Crippen LogP contribution < -0.4 is 5.56 Å². The van der Waals surface area contributed by atoms with Crippen molar-refractivity contribution >= 4 is 22.6 Å². The van der Waals surface area contributed by atoms with Crippen molar-refractivity contribution in [1.82, 2.24) is 14.5 Å². The fourth-order valence-corrected chi connectivity index (χ4v) is 4.80. The summed E-state index contributed by atoms with van der Waals surface area (Å²) in [5.41, 5.74) is 7.72. The van der Waals surface area contributed by atoms with Crippen LogP contribution in [0.2, 0.25) is 0 Å². The number of nitrogens with one attached hydrogen (secondary N) is 1. The van der Waals surface area contributed by atoms with Gasteiger partial charge in [-0.3, -0.25) is 4.79 Å². The fraction of sp³-hybridized carbons (Fsp3) is 0.188. The van der Waals surface area contributed by atoms with Crippen molar-refractivity contribution < 1.29 is 9.53 Å². The van der Waals surface area contributed by atoms with E-state index in [0.29, 0.717) is 35.8 Å². The Morgan fingerprint density at radius 3 is 2.54 bits per heavy atom. The Balaban J connectivity index is 1.60. The van der Waals surface area contributed by atoms with Crippen molar-refractivity contribution in [3.05, 3.63) is 116 Å². The molecule has 0 spiro atoms. The third kappa shape index (κ3) is 4.97. The molecule has 0 atom stereocenters. The van der Waals surface area contributed by atoms with Crippen molar-refractivity contribution in [2.75, 3.05) is 6.61 Å². The molecule has 3 heterocycles. The number of rotatable bonds is 6. The van der Waals surface area contributed by atoms with E-state index in [1.807, 2.05) is 68.4 Å². The minimum absolute atomic E-state index is 0.120. The summed E-state index contributed by atoms with van der Waals surface area (Å²) in [7, 11) is 0. The maximum absolute atomic E-state index is 13.5. The molecular formula is C32H28N4O3. The molecule has 39 heavy (non-hydrogen) atoms. The number of nitrogens with zero attached hydrogens (tertiary/aromatic N) is 3. The maximum atomic E-state index is 13.5. The zero-order valence-electron chi connectivity index (χ0n) is 22.3. The molecule has 194 valence electrons. The molecule has 5 aromatic rings. The Kier molecular flexibility index (Phi) is 6.86. The highest BCUT2D eigenvalue weighted by molar-refractivity contribution is 5.96. The zero-order chi connectivity index (χ0) is 27.7. The van der Waals surface area contributed by atoms with E-state index in [9.17, 15) is 9.59 Å². The SMILES string of the molecule is [C-]#[N+]c1c(C)cc(-c2cccc(-c3ccc4cc(C(=O)OCC)[nH]c4c3)n2)n(Cc2ccc(C)cc2C)c1=O. The standard InChI is InChI=1S/C32H28N4O3/c1-6-39-32(38)28-17-23-13-12-22(16-27(23)35-28)25-8-7-9-26(34-25)29-15-21(4)30(33-5)31(37)36(29)18-24-11-10-19(2)14-20(24)3/h7-17,35H,6,18H2,1-4H3. The van der Waals surface area contributed by atoms with Gasteiger partial charge in [-0.15, -0.1) is 0 Å². The van der Waals surface area contributed by atoms with Gasteiger partial charge in [0.2, 0.25) is 0 Å². The Labute approximate surface area is 226 Å². The summed E-state index contributed by atoms with van der Waals surface area (Å²) in [6.45, 7) is 15.8. The van der Waals surface area contributed by atoms with E-state index < -0.39 is 5.97 Å². The molecule has 0 fully saturated rings. The highest BCUT2D eigenvalue weighted by Gasteiger charge is 2.17. The summed E-state index contributed by atoms with van der Waals surface area (Å²) in [6.07, 6.45) is 0. The second kappa shape index (κ2) is 10.4. The van der Waals surface area contributed by atoms with Gasteiger partial charge in [-0.1, -0.05) is 42.0 Å². The smallest absolute Gasteiger partial charge is 0.354 e. The van der Waals surface area contributed by atoms with Crippen LogP contribution in [0.3, 0.4) is 0 Å². The first kappa shape index (κ1) is 25.7. The largest absolute Gasteiger partial charge is 0.461 e. The van der Waals surface area contributed by atoms with Gasteiger partial charge in [-0.2, -0.15) is 0 Å². The number of aromatic amines is 1. The van der Waals surface area contributed by atoms with Crippen molar-refractivity contribution in [1.29, 1.82) is 0 Å². The van der Waals surface area contributed by atoms with E-state index in [1.54, 1.807) is 24.5 Å². The molecule has 0 unspecified atom stereocenters. The van der Waals surface area contributed by atoms with E-state index in [1.165, 1.54) is 0 Å². The van der Waals surface area contributed by atoms with E-state index >= 15 is 0 Å². The average molecular weight is 517 g/mol. The number of ether oxygens (including phenoxy) is 1. The molecule has 0 aliphatic heterocycles. The van der Waals surface area contributed by atoms with E-state index in [-0.39, 0.29) is 11.2 Å². The molecule has 7 nitrogen and oxygen atoms in total. The molecule has 0 aliphatic rings. The summed E-state index contributed by atoms with van der Waals surface area (Å²) in [6, 6.07) is 21.3. The van der Waals surface area contributed by atoms with Crippen LogP contribution in [0, 0.1) is 27.3 Å². The van der Waals surface area contributed by atoms with Crippen molar-refractivity contribution in [3.63, 3.8) is 0 Å². The molecule has 0 saturated carbocycles. The Bertz CT molecular complexity index is 1840. The predicted octanol–water partition coefficient (Wildman–Crippen LogP) is 6.76. The second-order valence-corrected chi connectivity index (χ2v) is 9.61. The molecule has 0 bridgehead atoms.